The lowest BCUT2D eigenvalue weighted by molar-refractivity contribution is 0.354. The number of ether oxygens (including phenoxy) is 2. The summed E-state index contributed by atoms with van der Waals surface area (Å²) in [7, 11) is 3.17. The Balaban J connectivity index is 2.00. The van der Waals surface area contributed by atoms with Crippen molar-refractivity contribution in [3.8, 4) is 11.5 Å². The van der Waals surface area contributed by atoms with Crippen molar-refractivity contribution < 1.29 is 9.47 Å². The molecule has 0 aliphatic rings. The molecule has 112 valence electrons. The number of methoxy groups -OCH3 is 2. The average Bonchev–Trinajstić information content (AvgIpc) is 2.49. The summed E-state index contributed by atoms with van der Waals surface area (Å²) in [4.78, 5) is 27.0. The molecule has 0 bridgehead atoms. The molecule has 1 heterocycles. The zero-order chi connectivity index (χ0) is 15.2. The first kappa shape index (κ1) is 14.7. The van der Waals surface area contributed by atoms with Gasteiger partial charge in [0.15, 0.2) is 11.5 Å². The molecule has 0 aliphatic carbocycles. The van der Waals surface area contributed by atoms with Crippen molar-refractivity contribution in [2.24, 2.45) is 0 Å². The van der Waals surface area contributed by atoms with Crippen molar-refractivity contribution in [1.82, 2.24) is 9.97 Å². The monoisotopic (exact) mass is 291 g/mol. The molecule has 0 radical (unpaired) electrons. The van der Waals surface area contributed by atoms with Crippen LogP contribution in [0.5, 0.6) is 11.5 Å². The van der Waals surface area contributed by atoms with Crippen molar-refractivity contribution >= 4 is 5.69 Å². The van der Waals surface area contributed by atoms with Gasteiger partial charge in [-0.1, -0.05) is 6.07 Å². The van der Waals surface area contributed by atoms with Crippen LogP contribution >= 0.6 is 0 Å². The predicted octanol–water partition coefficient (Wildman–Crippen LogP) is 0.735. The lowest BCUT2D eigenvalue weighted by Crippen LogP contribution is -2.24. The van der Waals surface area contributed by atoms with Crippen LogP contribution in [0.4, 0.5) is 5.69 Å². The van der Waals surface area contributed by atoms with Crippen LogP contribution in [0.15, 0.2) is 34.0 Å². The lowest BCUT2D eigenvalue weighted by Gasteiger charge is -2.10. The summed E-state index contributed by atoms with van der Waals surface area (Å²) in [6, 6.07) is 5.65. The molecule has 1 aromatic heterocycles. The molecule has 0 fully saturated rings. The number of H-pyrrole nitrogens is 2. The number of aromatic amines is 2. The highest BCUT2D eigenvalue weighted by Crippen LogP contribution is 2.27. The van der Waals surface area contributed by atoms with E-state index in [2.05, 4.69) is 15.3 Å². The second kappa shape index (κ2) is 6.65. The fourth-order valence-corrected chi connectivity index (χ4v) is 1.92. The number of rotatable bonds is 6. The van der Waals surface area contributed by atoms with Gasteiger partial charge in [-0.05, 0) is 24.1 Å². The Morgan fingerprint density at radius 2 is 1.90 bits per heavy atom. The van der Waals surface area contributed by atoms with Gasteiger partial charge in [-0.3, -0.25) is 9.78 Å². The van der Waals surface area contributed by atoms with E-state index in [9.17, 15) is 9.59 Å². The highest BCUT2D eigenvalue weighted by atomic mass is 16.5. The standard InChI is InChI=1S/C14H17N3O4/c1-20-11-4-3-9(7-12(11)21-2)5-6-15-10-8-16-14(19)17-13(10)18/h3-4,7-8,15H,5-6H2,1-2H3,(H2,16,17,18,19). The van der Waals surface area contributed by atoms with E-state index in [0.29, 0.717) is 30.2 Å². The van der Waals surface area contributed by atoms with Gasteiger partial charge in [-0.15, -0.1) is 0 Å². The fraction of sp³-hybridized carbons (Fsp3) is 0.286. The van der Waals surface area contributed by atoms with Gasteiger partial charge in [0.1, 0.15) is 5.69 Å². The van der Waals surface area contributed by atoms with E-state index in [0.717, 1.165) is 5.56 Å². The number of aromatic nitrogens is 2. The molecule has 2 aromatic rings. The van der Waals surface area contributed by atoms with Crippen LogP contribution in [0.2, 0.25) is 0 Å². The third-order valence-electron chi connectivity index (χ3n) is 3.00. The van der Waals surface area contributed by atoms with Gasteiger partial charge in [0, 0.05) is 12.7 Å². The minimum absolute atomic E-state index is 0.329. The summed E-state index contributed by atoms with van der Waals surface area (Å²) >= 11 is 0. The number of nitrogens with one attached hydrogen (secondary N) is 3. The predicted molar refractivity (Wildman–Crippen MR) is 79.4 cm³/mol. The Kier molecular flexibility index (Phi) is 4.65. The summed E-state index contributed by atoms with van der Waals surface area (Å²) < 4.78 is 10.4. The van der Waals surface area contributed by atoms with Gasteiger partial charge in [0.2, 0.25) is 0 Å². The molecule has 0 saturated heterocycles. The van der Waals surface area contributed by atoms with E-state index in [-0.39, 0.29) is 0 Å². The maximum absolute atomic E-state index is 11.5. The molecular weight excluding hydrogens is 274 g/mol. The summed E-state index contributed by atoms with van der Waals surface area (Å²) in [6.45, 7) is 0.546. The van der Waals surface area contributed by atoms with Crippen LogP contribution in [0, 0.1) is 0 Å². The highest BCUT2D eigenvalue weighted by Gasteiger charge is 2.05. The van der Waals surface area contributed by atoms with Crippen molar-refractivity contribution in [2.45, 2.75) is 6.42 Å². The molecule has 3 N–H and O–H groups in total. The van der Waals surface area contributed by atoms with Crippen LogP contribution in [0.1, 0.15) is 5.56 Å². The van der Waals surface area contributed by atoms with Crippen LogP contribution in [0.3, 0.4) is 0 Å². The molecule has 21 heavy (non-hydrogen) atoms. The number of hydrogen-bond acceptors (Lipinski definition) is 5. The Morgan fingerprint density at radius 1 is 1.14 bits per heavy atom. The zero-order valence-electron chi connectivity index (χ0n) is 11.9. The number of benzene rings is 1. The Hall–Kier alpha value is -2.70. The highest BCUT2D eigenvalue weighted by molar-refractivity contribution is 5.43. The second-order valence-electron chi connectivity index (χ2n) is 4.35. The molecule has 0 spiro atoms. The average molecular weight is 291 g/mol. The van der Waals surface area contributed by atoms with Crippen LogP contribution in [0.25, 0.3) is 0 Å². The molecule has 0 aliphatic heterocycles. The molecule has 0 atom stereocenters. The Labute approximate surface area is 120 Å². The van der Waals surface area contributed by atoms with E-state index < -0.39 is 11.2 Å². The topological polar surface area (TPSA) is 96.2 Å². The van der Waals surface area contributed by atoms with Gasteiger partial charge in [0.05, 0.1) is 14.2 Å². The van der Waals surface area contributed by atoms with E-state index in [1.165, 1.54) is 6.20 Å². The minimum atomic E-state index is -0.523. The molecule has 0 amide bonds. The molecule has 1 aromatic carbocycles. The number of anilines is 1. The minimum Gasteiger partial charge on any atom is -0.493 e. The van der Waals surface area contributed by atoms with Gasteiger partial charge < -0.3 is 19.8 Å². The quantitative estimate of drug-likeness (QED) is 0.729. The molecule has 7 nitrogen and oxygen atoms in total. The smallest absolute Gasteiger partial charge is 0.325 e. The fourth-order valence-electron chi connectivity index (χ4n) is 1.92. The van der Waals surface area contributed by atoms with Crippen LogP contribution < -0.4 is 26.0 Å². The third kappa shape index (κ3) is 3.65. The molecule has 0 unspecified atom stereocenters. The summed E-state index contributed by atoms with van der Waals surface area (Å²) in [5.41, 5.74) is 0.410. The van der Waals surface area contributed by atoms with E-state index >= 15 is 0 Å². The summed E-state index contributed by atoms with van der Waals surface area (Å²) in [5.74, 6) is 1.34. The van der Waals surface area contributed by atoms with Crippen molar-refractivity contribution in [1.29, 1.82) is 0 Å². The summed E-state index contributed by atoms with van der Waals surface area (Å²) in [6.07, 6.45) is 2.05. The van der Waals surface area contributed by atoms with Crippen molar-refractivity contribution in [3.63, 3.8) is 0 Å². The lowest BCUT2D eigenvalue weighted by atomic mass is 10.1. The first-order chi connectivity index (χ1) is 10.1. The van der Waals surface area contributed by atoms with E-state index in [4.69, 9.17) is 9.47 Å². The van der Waals surface area contributed by atoms with Crippen molar-refractivity contribution in [2.75, 3.05) is 26.1 Å². The SMILES string of the molecule is COc1ccc(CCNc2c[nH]c(=O)[nH]c2=O)cc1OC. The molecular formula is C14H17N3O4. The van der Waals surface area contributed by atoms with Gasteiger partial charge >= 0.3 is 5.69 Å². The molecule has 7 heteroatoms. The first-order valence-corrected chi connectivity index (χ1v) is 6.41. The van der Waals surface area contributed by atoms with Crippen LogP contribution in [-0.2, 0) is 6.42 Å². The second-order valence-corrected chi connectivity index (χ2v) is 4.35. The zero-order valence-corrected chi connectivity index (χ0v) is 11.9. The Morgan fingerprint density at radius 3 is 2.57 bits per heavy atom. The maximum atomic E-state index is 11.5. The molecule has 0 saturated carbocycles. The van der Waals surface area contributed by atoms with Gasteiger partial charge in [-0.25, -0.2) is 4.79 Å². The Bertz CT molecular complexity index is 721. The van der Waals surface area contributed by atoms with Crippen molar-refractivity contribution in [3.05, 3.63) is 50.8 Å². The third-order valence-corrected chi connectivity index (χ3v) is 3.00. The van der Waals surface area contributed by atoms with Gasteiger partial charge in [0.25, 0.3) is 5.56 Å². The van der Waals surface area contributed by atoms with Crippen LogP contribution in [-0.4, -0.2) is 30.7 Å². The van der Waals surface area contributed by atoms with E-state index in [1.54, 1.807) is 14.2 Å². The first-order valence-electron chi connectivity index (χ1n) is 6.41. The molecule has 2 rings (SSSR count). The number of hydrogen-bond donors (Lipinski definition) is 3. The maximum Gasteiger partial charge on any atom is 0.325 e. The largest absolute Gasteiger partial charge is 0.493 e. The normalized spacial score (nSPS) is 10.2. The van der Waals surface area contributed by atoms with Gasteiger partial charge in [-0.2, -0.15) is 0 Å². The van der Waals surface area contributed by atoms with E-state index in [1.807, 2.05) is 18.2 Å². The summed E-state index contributed by atoms with van der Waals surface area (Å²) in [5, 5.41) is 2.97.